The van der Waals surface area contributed by atoms with Gasteiger partial charge in [0.2, 0.25) is 0 Å². The van der Waals surface area contributed by atoms with Crippen LogP contribution in [0.4, 0.5) is 5.69 Å². The summed E-state index contributed by atoms with van der Waals surface area (Å²) < 4.78 is 12.0. The average molecular weight is 433 g/mol. The minimum absolute atomic E-state index is 0.0128. The number of fused-ring (bicyclic) bond motifs is 1. The van der Waals surface area contributed by atoms with E-state index < -0.39 is 0 Å². The van der Waals surface area contributed by atoms with Crippen molar-refractivity contribution in [1.82, 2.24) is 4.90 Å². The lowest BCUT2D eigenvalue weighted by atomic mass is 10.1. The van der Waals surface area contributed by atoms with Crippen molar-refractivity contribution in [2.75, 3.05) is 38.8 Å². The zero-order valence-electron chi connectivity index (χ0n) is 16.0. The Hall–Kier alpha value is -2.21. The van der Waals surface area contributed by atoms with Crippen LogP contribution in [-0.4, -0.2) is 44.7 Å². The van der Waals surface area contributed by atoms with Crippen LogP contribution in [0.15, 0.2) is 40.9 Å². The van der Waals surface area contributed by atoms with Crippen LogP contribution < -0.4 is 14.4 Å². The van der Waals surface area contributed by atoms with E-state index in [4.69, 9.17) is 9.47 Å². The summed E-state index contributed by atoms with van der Waals surface area (Å²) in [7, 11) is 3.65. The minimum atomic E-state index is -0.0128. The Labute approximate surface area is 169 Å². The highest BCUT2D eigenvalue weighted by Gasteiger charge is 2.24. The third-order valence-corrected chi connectivity index (χ3v) is 5.27. The first-order valence-electron chi connectivity index (χ1n) is 9.13. The Balaban J connectivity index is 1.88. The van der Waals surface area contributed by atoms with Gasteiger partial charge in [-0.3, -0.25) is 4.79 Å². The molecule has 0 saturated carbocycles. The summed E-state index contributed by atoms with van der Waals surface area (Å²) in [5, 5.41) is 0. The predicted octanol–water partition coefficient (Wildman–Crippen LogP) is 4.34. The molecule has 0 fully saturated rings. The SMILES string of the molecule is CCCOc1c(Br)cc(C(=O)N2CCN(C)c3ccccc3C2)cc1OC. The van der Waals surface area contributed by atoms with Crippen LogP contribution in [-0.2, 0) is 6.54 Å². The topological polar surface area (TPSA) is 42.0 Å². The molecule has 1 heterocycles. The molecule has 0 aromatic heterocycles. The second kappa shape index (κ2) is 8.65. The number of amides is 1. The summed E-state index contributed by atoms with van der Waals surface area (Å²) in [5.74, 6) is 1.19. The molecule has 3 rings (SSSR count). The molecule has 5 nitrogen and oxygen atoms in total. The van der Waals surface area contributed by atoms with Crippen LogP contribution in [0, 0.1) is 0 Å². The number of carbonyl (C=O) groups excluding carboxylic acids is 1. The van der Waals surface area contributed by atoms with E-state index in [1.807, 2.05) is 30.0 Å². The number of hydrogen-bond acceptors (Lipinski definition) is 4. The van der Waals surface area contributed by atoms with Crippen LogP contribution in [0.1, 0.15) is 29.3 Å². The van der Waals surface area contributed by atoms with Crippen LogP contribution in [0.3, 0.4) is 0 Å². The van der Waals surface area contributed by atoms with E-state index >= 15 is 0 Å². The van der Waals surface area contributed by atoms with Crippen molar-refractivity contribution in [3.63, 3.8) is 0 Å². The van der Waals surface area contributed by atoms with Gasteiger partial charge in [0.15, 0.2) is 11.5 Å². The molecular formula is C21H25BrN2O3. The highest BCUT2D eigenvalue weighted by atomic mass is 79.9. The molecule has 2 aromatic carbocycles. The Bertz CT molecular complexity index is 825. The number of halogens is 1. The summed E-state index contributed by atoms with van der Waals surface area (Å²) in [6, 6.07) is 11.8. The molecule has 0 radical (unpaired) electrons. The Kier molecular flexibility index (Phi) is 6.26. The van der Waals surface area contributed by atoms with Gasteiger partial charge in [-0.05, 0) is 46.1 Å². The lowest BCUT2D eigenvalue weighted by molar-refractivity contribution is 0.0751. The first kappa shape index (κ1) is 19.5. The lowest BCUT2D eigenvalue weighted by Gasteiger charge is -2.22. The maximum atomic E-state index is 13.2. The smallest absolute Gasteiger partial charge is 0.254 e. The van der Waals surface area contributed by atoms with E-state index in [0.29, 0.717) is 36.8 Å². The number of rotatable bonds is 5. The zero-order chi connectivity index (χ0) is 19.4. The van der Waals surface area contributed by atoms with Gasteiger partial charge in [0.1, 0.15) is 0 Å². The van der Waals surface area contributed by atoms with Crippen molar-refractivity contribution in [2.45, 2.75) is 19.9 Å². The number of nitrogens with zero attached hydrogens (tertiary/aromatic N) is 2. The second-order valence-corrected chi connectivity index (χ2v) is 7.47. The Morgan fingerprint density at radius 2 is 2.00 bits per heavy atom. The monoisotopic (exact) mass is 432 g/mol. The summed E-state index contributed by atoms with van der Waals surface area (Å²) in [6.45, 7) is 4.69. The molecule has 6 heteroatoms. The number of likely N-dealkylation sites (N-methyl/N-ethyl adjacent to an activating group) is 1. The summed E-state index contributed by atoms with van der Waals surface area (Å²) >= 11 is 3.53. The largest absolute Gasteiger partial charge is 0.493 e. The van der Waals surface area contributed by atoms with Crippen LogP contribution in [0.2, 0.25) is 0 Å². The summed E-state index contributed by atoms with van der Waals surface area (Å²) in [4.78, 5) is 17.3. The van der Waals surface area contributed by atoms with Crippen LogP contribution in [0.5, 0.6) is 11.5 Å². The van der Waals surface area contributed by atoms with Gasteiger partial charge in [-0.1, -0.05) is 25.1 Å². The maximum Gasteiger partial charge on any atom is 0.254 e. The van der Waals surface area contributed by atoms with Gasteiger partial charge in [-0.15, -0.1) is 0 Å². The van der Waals surface area contributed by atoms with Gasteiger partial charge in [0.05, 0.1) is 18.2 Å². The van der Waals surface area contributed by atoms with Gasteiger partial charge in [-0.25, -0.2) is 0 Å². The fourth-order valence-corrected chi connectivity index (χ4v) is 3.79. The molecule has 2 aromatic rings. The van der Waals surface area contributed by atoms with Gasteiger partial charge in [0, 0.05) is 37.9 Å². The van der Waals surface area contributed by atoms with Crippen LogP contribution in [0.25, 0.3) is 0 Å². The molecule has 0 aliphatic carbocycles. The minimum Gasteiger partial charge on any atom is -0.493 e. The van der Waals surface area contributed by atoms with Crippen molar-refractivity contribution in [3.8, 4) is 11.5 Å². The highest BCUT2D eigenvalue weighted by molar-refractivity contribution is 9.10. The molecule has 0 atom stereocenters. The fraction of sp³-hybridized carbons (Fsp3) is 0.381. The molecule has 0 spiro atoms. The van der Waals surface area contributed by atoms with Crippen molar-refractivity contribution >= 4 is 27.5 Å². The molecule has 1 amide bonds. The van der Waals surface area contributed by atoms with E-state index in [9.17, 15) is 4.79 Å². The maximum absolute atomic E-state index is 13.2. The number of ether oxygens (including phenoxy) is 2. The quantitative estimate of drug-likeness (QED) is 0.704. The molecule has 1 aliphatic rings. The first-order chi connectivity index (χ1) is 13.0. The number of methoxy groups -OCH3 is 1. The second-order valence-electron chi connectivity index (χ2n) is 6.61. The molecule has 0 N–H and O–H groups in total. The number of benzene rings is 2. The summed E-state index contributed by atoms with van der Waals surface area (Å²) in [5.41, 5.74) is 2.92. The van der Waals surface area contributed by atoms with Crippen molar-refractivity contribution in [1.29, 1.82) is 0 Å². The fourth-order valence-electron chi connectivity index (χ4n) is 3.24. The van der Waals surface area contributed by atoms with Crippen molar-refractivity contribution in [2.24, 2.45) is 0 Å². The van der Waals surface area contributed by atoms with Gasteiger partial charge < -0.3 is 19.3 Å². The van der Waals surface area contributed by atoms with Gasteiger partial charge in [0.25, 0.3) is 5.91 Å². The van der Waals surface area contributed by atoms with Crippen LogP contribution >= 0.6 is 15.9 Å². The van der Waals surface area contributed by atoms with Crippen molar-refractivity contribution < 1.29 is 14.3 Å². The van der Waals surface area contributed by atoms with E-state index in [0.717, 1.165) is 23.0 Å². The normalized spacial score (nSPS) is 13.8. The van der Waals surface area contributed by atoms with Gasteiger partial charge in [-0.2, -0.15) is 0 Å². The number of para-hydroxylation sites is 1. The third kappa shape index (κ3) is 4.21. The molecule has 1 aliphatic heterocycles. The first-order valence-corrected chi connectivity index (χ1v) is 9.93. The molecule has 0 saturated heterocycles. The molecule has 0 bridgehead atoms. The van der Waals surface area contributed by atoms with E-state index in [2.05, 4.69) is 40.0 Å². The lowest BCUT2D eigenvalue weighted by Crippen LogP contribution is -2.34. The Morgan fingerprint density at radius 3 is 2.74 bits per heavy atom. The van der Waals surface area contributed by atoms with E-state index in [-0.39, 0.29) is 5.91 Å². The average Bonchev–Trinajstić information content (AvgIpc) is 2.85. The third-order valence-electron chi connectivity index (χ3n) is 4.68. The Morgan fingerprint density at radius 1 is 1.22 bits per heavy atom. The molecular weight excluding hydrogens is 408 g/mol. The molecule has 27 heavy (non-hydrogen) atoms. The highest BCUT2D eigenvalue weighted by Crippen LogP contribution is 2.37. The zero-order valence-corrected chi connectivity index (χ0v) is 17.6. The summed E-state index contributed by atoms with van der Waals surface area (Å²) in [6.07, 6.45) is 0.900. The molecule has 0 unspecified atom stereocenters. The van der Waals surface area contributed by atoms with E-state index in [1.165, 1.54) is 5.69 Å². The van der Waals surface area contributed by atoms with E-state index in [1.54, 1.807) is 13.2 Å². The number of carbonyl (C=O) groups is 1. The number of anilines is 1. The molecule has 144 valence electrons. The van der Waals surface area contributed by atoms with Crippen molar-refractivity contribution in [3.05, 3.63) is 52.0 Å². The standard InChI is InChI=1S/C21H25BrN2O3/c1-4-11-27-20-17(22)12-16(13-19(20)26-3)21(25)24-10-9-23(2)18-8-6-5-7-15(18)14-24/h5-8,12-13H,4,9-11,14H2,1-3H3. The van der Waals surface area contributed by atoms with Gasteiger partial charge >= 0.3 is 0 Å². The number of hydrogen-bond donors (Lipinski definition) is 0. The predicted molar refractivity (Wildman–Crippen MR) is 111 cm³/mol.